The first-order valence-electron chi connectivity index (χ1n) is 9.25. The summed E-state index contributed by atoms with van der Waals surface area (Å²) in [6.45, 7) is 8.22. The van der Waals surface area contributed by atoms with E-state index in [1.54, 1.807) is 7.11 Å². The van der Waals surface area contributed by atoms with Crippen molar-refractivity contribution in [1.29, 1.82) is 0 Å². The van der Waals surface area contributed by atoms with E-state index in [-0.39, 0.29) is 18.4 Å². The van der Waals surface area contributed by atoms with Crippen molar-refractivity contribution in [3.05, 3.63) is 64.5 Å². The van der Waals surface area contributed by atoms with Crippen molar-refractivity contribution in [2.24, 2.45) is 0 Å². The van der Waals surface area contributed by atoms with Gasteiger partial charge in [0.15, 0.2) is 0 Å². The van der Waals surface area contributed by atoms with Crippen LogP contribution in [0.3, 0.4) is 0 Å². The smallest absolute Gasteiger partial charge is 0.251 e. The van der Waals surface area contributed by atoms with Crippen molar-refractivity contribution in [2.45, 2.75) is 40.2 Å². The lowest BCUT2D eigenvalue weighted by Gasteiger charge is -2.15. The summed E-state index contributed by atoms with van der Waals surface area (Å²) < 4.78 is 10.7. The third-order valence-electron chi connectivity index (χ3n) is 4.62. The number of methoxy groups -OCH3 is 1. The van der Waals surface area contributed by atoms with Crippen LogP contribution in [0, 0.1) is 13.8 Å². The Morgan fingerprint density at radius 3 is 2.54 bits per heavy atom. The van der Waals surface area contributed by atoms with E-state index >= 15 is 0 Å². The molecule has 0 saturated carbocycles. The monoisotopic (exact) mass is 379 g/mol. The maximum atomic E-state index is 12.7. The van der Waals surface area contributed by atoms with Gasteiger partial charge in [-0.3, -0.25) is 4.79 Å². The summed E-state index contributed by atoms with van der Waals surface area (Å²) in [5.74, 6) is 1.72. The van der Waals surface area contributed by atoms with Crippen LogP contribution in [0.4, 0.5) is 0 Å². The second kappa shape index (κ2) is 8.25. The van der Waals surface area contributed by atoms with Crippen LogP contribution in [0.2, 0.25) is 0 Å². The molecule has 1 heterocycles. The van der Waals surface area contributed by atoms with Gasteiger partial charge < -0.3 is 14.6 Å². The zero-order valence-electron chi connectivity index (χ0n) is 16.9. The fourth-order valence-electron chi connectivity index (χ4n) is 2.97. The molecule has 146 valence electrons. The van der Waals surface area contributed by atoms with Crippen molar-refractivity contribution in [3.8, 4) is 17.1 Å². The van der Waals surface area contributed by atoms with Gasteiger partial charge >= 0.3 is 0 Å². The summed E-state index contributed by atoms with van der Waals surface area (Å²) in [5.41, 5.74) is 4.50. The quantitative estimate of drug-likeness (QED) is 0.686. The standard InChI is InChI=1S/C22H25N3O3/c1-13(2)17-11-18(15(4)10-19(17)27-5)22(26)23-12-20-24-21(25-28-20)16-8-6-14(3)7-9-16/h6-11,13H,12H2,1-5H3,(H,23,26). The fourth-order valence-corrected chi connectivity index (χ4v) is 2.97. The molecule has 6 heteroatoms. The fraction of sp³-hybridized carbons (Fsp3) is 0.318. The Balaban J connectivity index is 1.72. The molecule has 3 aromatic rings. The van der Waals surface area contributed by atoms with Crippen molar-refractivity contribution in [1.82, 2.24) is 15.5 Å². The van der Waals surface area contributed by atoms with Crippen LogP contribution in [0.5, 0.6) is 5.75 Å². The normalized spacial score (nSPS) is 10.9. The van der Waals surface area contributed by atoms with Crippen LogP contribution in [-0.2, 0) is 6.54 Å². The highest BCUT2D eigenvalue weighted by molar-refractivity contribution is 5.96. The SMILES string of the molecule is COc1cc(C)c(C(=O)NCc2nc(-c3ccc(C)cc3)no2)cc1C(C)C. The van der Waals surface area contributed by atoms with Crippen LogP contribution in [0.15, 0.2) is 40.9 Å². The molecule has 0 aliphatic rings. The molecule has 1 N–H and O–H groups in total. The van der Waals surface area contributed by atoms with Gasteiger partial charge in [0.25, 0.3) is 5.91 Å². The summed E-state index contributed by atoms with van der Waals surface area (Å²) in [7, 11) is 1.64. The third-order valence-corrected chi connectivity index (χ3v) is 4.62. The summed E-state index contributed by atoms with van der Waals surface area (Å²) in [6.07, 6.45) is 0. The first kappa shape index (κ1) is 19.6. The lowest BCUT2D eigenvalue weighted by molar-refractivity contribution is 0.0945. The van der Waals surface area contributed by atoms with Gasteiger partial charge in [-0.05, 0) is 43.0 Å². The Hall–Kier alpha value is -3.15. The molecule has 3 rings (SSSR count). The Bertz CT molecular complexity index is 975. The molecule has 0 radical (unpaired) electrons. The van der Waals surface area contributed by atoms with Gasteiger partial charge in [-0.2, -0.15) is 4.98 Å². The molecule has 0 aliphatic heterocycles. The molecule has 0 fully saturated rings. The van der Waals surface area contributed by atoms with Crippen molar-refractivity contribution in [2.75, 3.05) is 7.11 Å². The number of nitrogens with one attached hydrogen (secondary N) is 1. The maximum absolute atomic E-state index is 12.7. The van der Waals surface area contributed by atoms with Crippen LogP contribution >= 0.6 is 0 Å². The van der Waals surface area contributed by atoms with E-state index in [2.05, 4.69) is 29.3 Å². The lowest BCUT2D eigenvalue weighted by Crippen LogP contribution is -2.24. The Kier molecular flexibility index (Phi) is 5.78. The Morgan fingerprint density at radius 1 is 1.18 bits per heavy atom. The van der Waals surface area contributed by atoms with Crippen LogP contribution in [-0.4, -0.2) is 23.2 Å². The number of aromatic nitrogens is 2. The Labute approximate surface area is 164 Å². The number of aryl methyl sites for hydroxylation is 2. The van der Waals surface area contributed by atoms with Crippen molar-refractivity contribution >= 4 is 5.91 Å². The molecule has 0 spiro atoms. The Morgan fingerprint density at radius 2 is 1.89 bits per heavy atom. The number of carbonyl (C=O) groups is 1. The molecule has 2 aromatic carbocycles. The minimum Gasteiger partial charge on any atom is -0.496 e. The summed E-state index contributed by atoms with van der Waals surface area (Å²) >= 11 is 0. The lowest BCUT2D eigenvalue weighted by atomic mass is 9.96. The van der Waals surface area contributed by atoms with E-state index in [0.29, 0.717) is 17.3 Å². The van der Waals surface area contributed by atoms with E-state index in [1.165, 1.54) is 0 Å². The maximum Gasteiger partial charge on any atom is 0.251 e. The molecule has 0 bridgehead atoms. The van der Waals surface area contributed by atoms with E-state index in [9.17, 15) is 4.79 Å². The van der Waals surface area contributed by atoms with E-state index in [0.717, 1.165) is 28.0 Å². The zero-order valence-corrected chi connectivity index (χ0v) is 16.9. The first-order valence-corrected chi connectivity index (χ1v) is 9.25. The minimum absolute atomic E-state index is 0.167. The van der Waals surface area contributed by atoms with E-state index in [4.69, 9.17) is 9.26 Å². The van der Waals surface area contributed by atoms with Gasteiger partial charge in [0.2, 0.25) is 11.7 Å². The van der Waals surface area contributed by atoms with Gasteiger partial charge in [0.05, 0.1) is 13.7 Å². The number of ether oxygens (including phenoxy) is 1. The van der Waals surface area contributed by atoms with Gasteiger partial charge in [0.1, 0.15) is 5.75 Å². The average molecular weight is 379 g/mol. The first-order chi connectivity index (χ1) is 13.4. The summed E-state index contributed by atoms with van der Waals surface area (Å²) in [6, 6.07) is 11.7. The summed E-state index contributed by atoms with van der Waals surface area (Å²) in [5, 5.41) is 6.85. The van der Waals surface area contributed by atoms with Crippen LogP contribution < -0.4 is 10.1 Å². The molecule has 1 amide bonds. The van der Waals surface area contributed by atoms with Crippen LogP contribution in [0.25, 0.3) is 11.4 Å². The molecule has 0 aliphatic carbocycles. The number of rotatable bonds is 6. The average Bonchev–Trinajstić information content (AvgIpc) is 3.15. The van der Waals surface area contributed by atoms with Crippen LogP contribution in [0.1, 0.15) is 52.7 Å². The van der Waals surface area contributed by atoms with Crippen molar-refractivity contribution < 1.29 is 14.1 Å². The molecule has 6 nitrogen and oxygen atoms in total. The molecule has 1 aromatic heterocycles. The second-order valence-corrected chi connectivity index (χ2v) is 7.12. The highest BCUT2D eigenvalue weighted by Gasteiger charge is 2.17. The number of amides is 1. The minimum atomic E-state index is -0.183. The number of benzene rings is 2. The zero-order chi connectivity index (χ0) is 20.3. The third kappa shape index (κ3) is 4.22. The van der Waals surface area contributed by atoms with E-state index < -0.39 is 0 Å². The molecular weight excluding hydrogens is 354 g/mol. The summed E-state index contributed by atoms with van der Waals surface area (Å²) in [4.78, 5) is 17.0. The number of nitrogens with zero attached hydrogens (tertiary/aromatic N) is 2. The largest absolute Gasteiger partial charge is 0.496 e. The molecule has 0 unspecified atom stereocenters. The molecular formula is C22H25N3O3. The molecule has 0 atom stereocenters. The van der Waals surface area contributed by atoms with Gasteiger partial charge in [-0.15, -0.1) is 0 Å². The molecule has 28 heavy (non-hydrogen) atoms. The predicted molar refractivity (Wildman–Crippen MR) is 107 cm³/mol. The van der Waals surface area contributed by atoms with Crippen molar-refractivity contribution in [3.63, 3.8) is 0 Å². The number of hydrogen-bond donors (Lipinski definition) is 1. The van der Waals surface area contributed by atoms with Gasteiger partial charge in [-0.25, -0.2) is 0 Å². The topological polar surface area (TPSA) is 77.2 Å². The van der Waals surface area contributed by atoms with Gasteiger partial charge in [0, 0.05) is 11.1 Å². The number of carbonyl (C=O) groups excluding carboxylic acids is 1. The molecule has 0 saturated heterocycles. The highest BCUT2D eigenvalue weighted by atomic mass is 16.5. The second-order valence-electron chi connectivity index (χ2n) is 7.12. The van der Waals surface area contributed by atoms with Gasteiger partial charge in [-0.1, -0.05) is 48.8 Å². The number of hydrogen-bond acceptors (Lipinski definition) is 5. The van der Waals surface area contributed by atoms with E-state index in [1.807, 2.05) is 50.2 Å². The highest BCUT2D eigenvalue weighted by Crippen LogP contribution is 2.29. The predicted octanol–water partition coefficient (Wildman–Crippen LogP) is 4.42.